The number of hydrogen-bond acceptors (Lipinski definition) is 6. The summed E-state index contributed by atoms with van der Waals surface area (Å²) in [6.07, 6.45) is 2.53. The van der Waals surface area contributed by atoms with Crippen LogP contribution in [0.15, 0.2) is 18.2 Å². The number of carbonyl (C=O) groups is 1. The van der Waals surface area contributed by atoms with E-state index >= 15 is 0 Å². The molecule has 0 radical (unpaired) electrons. The standard InChI is InChI=1S/C18H25N5O3/c1-12-20-17(22-21-12)14-5-3-9-23(14)18(24)13-6-7-15(25-2)16(11-13)26-10-4-8-19/h6-7,11,14H,3-5,8-10,19H2,1-2H3,(H,20,21,22)/t14-/m0/s1. The Labute approximate surface area is 152 Å². The molecular formula is C18H25N5O3. The molecule has 0 unspecified atom stereocenters. The molecule has 1 aromatic heterocycles. The number of likely N-dealkylation sites (tertiary alicyclic amines) is 1. The van der Waals surface area contributed by atoms with Gasteiger partial charge in [0.15, 0.2) is 17.3 Å². The van der Waals surface area contributed by atoms with Gasteiger partial charge in [0.25, 0.3) is 5.91 Å². The van der Waals surface area contributed by atoms with Crippen molar-refractivity contribution in [2.45, 2.75) is 32.2 Å². The van der Waals surface area contributed by atoms with Crippen LogP contribution in [0.4, 0.5) is 0 Å². The van der Waals surface area contributed by atoms with Crippen LogP contribution in [0.3, 0.4) is 0 Å². The predicted molar refractivity (Wildman–Crippen MR) is 96.3 cm³/mol. The molecule has 8 nitrogen and oxygen atoms in total. The second-order valence-electron chi connectivity index (χ2n) is 6.29. The van der Waals surface area contributed by atoms with Crippen LogP contribution in [-0.4, -0.2) is 52.8 Å². The van der Waals surface area contributed by atoms with Gasteiger partial charge in [-0.1, -0.05) is 0 Å². The summed E-state index contributed by atoms with van der Waals surface area (Å²) in [7, 11) is 1.58. The van der Waals surface area contributed by atoms with E-state index in [-0.39, 0.29) is 11.9 Å². The Bertz CT molecular complexity index is 761. The molecule has 0 saturated carbocycles. The molecule has 26 heavy (non-hydrogen) atoms. The second-order valence-corrected chi connectivity index (χ2v) is 6.29. The van der Waals surface area contributed by atoms with E-state index in [2.05, 4.69) is 15.2 Å². The zero-order valence-corrected chi connectivity index (χ0v) is 15.2. The number of rotatable bonds is 7. The summed E-state index contributed by atoms with van der Waals surface area (Å²) >= 11 is 0. The van der Waals surface area contributed by atoms with E-state index in [4.69, 9.17) is 15.2 Å². The minimum absolute atomic E-state index is 0.0544. The van der Waals surface area contributed by atoms with Crippen molar-refractivity contribution in [3.8, 4) is 11.5 Å². The fraction of sp³-hybridized carbons (Fsp3) is 0.500. The molecular weight excluding hydrogens is 334 g/mol. The largest absolute Gasteiger partial charge is 0.493 e. The molecule has 2 aromatic rings. The van der Waals surface area contributed by atoms with Gasteiger partial charge in [-0.15, -0.1) is 0 Å². The van der Waals surface area contributed by atoms with E-state index in [1.54, 1.807) is 25.3 Å². The van der Waals surface area contributed by atoms with Gasteiger partial charge in [0.05, 0.1) is 19.8 Å². The fourth-order valence-electron chi connectivity index (χ4n) is 3.14. The maximum atomic E-state index is 13.1. The summed E-state index contributed by atoms with van der Waals surface area (Å²) < 4.78 is 11.1. The normalized spacial score (nSPS) is 16.7. The minimum Gasteiger partial charge on any atom is -0.493 e. The van der Waals surface area contributed by atoms with Crippen LogP contribution < -0.4 is 15.2 Å². The minimum atomic E-state index is -0.101. The zero-order chi connectivity index (χ0) is 18.5. The number of nitrogens with two attached hydrogens (primary N) is 1. The quantitative estimate of drug-likeness (QED) is 0.731. The highest BCUT2D eigenvalue weighted by atomic mass is 16.5. The third kappa shape index (κ3) is 3.80. The third-order valence-electron chi connectivity index (χ3n) is 4.44. The molecule has 1 atom stereocenters. The maximum absolute atomic E-state index is 13.1. The van der Waals surface area contributed by atoms with Crippen LogP contribution in [0.25, 0.3) is 0 Å². The van der Waals surface area contributed by atoms with E-state index < -0.39 is 0 Å². The van der Waals surface area contributed by atoms with E-state index in [1.807, 2.05) is 11.8 Å². The summed E-state index contributed by atoms with van der Waals surface area (Å²) in [5.41, 5.74) is 6.07. The number of carbonyl (C=O) groups excluding carboxylic acids is 1. The number of methoxy groups -OCH3 is 1. The number of hydrogen-bond donors (Lipinski definition) is 2. The number of aromatic amines is 1. The van der Waals surface area contributed by atoms with Gasteiger partial charge in [0.1, 0.15) is 5.82 Å². The third-order valence-corrected chi connectivity index (χ3v) is 4.44. The Hall–Kier alpha value is -2.61. The number of ether oxygens (including phenoxy) is 2. The first-order valence-electron chi connectivity index (χ1n) is 8.84. The van der Waals surface area contributed by atoms with Crippen molar-refractivity contribution in [1.82, 2.24) is 20.1 Å². The molecule has 1 fully saturated rings. The van der Waals surface area contributed by atoms with Crippen LogP contribution >= 0.6 is 0 Å². The Morgan fingerprint density at radius 1 is 1.42 bits per heavy atom. The Morgan fingerprint density at radius 2 is 2.27 bits per heavy atom. The monoisotopic (exact) mass is 359 g/mol. The Morgan fingerprint density at radius 3 is 2.96 bits per heavy atom. The second kappa shape index (κ2) is 8.18. The number of aryl methyl sites for hydroxylation is 1. The summed E-state index contributed by atoms with van der Waals surface area (Å²) in [6, 6.07) is 5.15. The van der Waals surface area contributed by atoms with E-state index in [1.165, 1.54) is 0 Å². The highest BCUT2D eigenvalue weighted by molar-refractivity contribution is 5.95. The molecule has 2 heterocycles. The highest BCUT2D eigenvalue weighted by Gasteiger charge is 2.33. The molecule has 3 rings (SSSR count). The van der Waals surface area contributed by atoms with Gasteiger partial charge in [0, 0.05) is 12.1 Å². The van der Waals surface area contributed by atoms with Gasteiger partial charge < -0.3 is 20.1 Å². The summed E-state index contributed by atoms with van der Waals surface area (Å²) in [5.74, 6) is 2.51. The first kappa shape index (κ1) is 18.2. The predicted octanol–water partition coefficient (Wildman–Crippen LogP) is 1.83. The Kier molecular flexibility index (Phi) is 5.72. The van der Waals surface area contributed by atoms with Crippen LogP contribution in [0.1, 0.15) is 47.3 Å². The number of amides is 1. The molecule has 1 aromatic carbocycles. The van der Waals surface area contributed by atoms with Gasteiger partial charge in [-0.3, -0.25) is 9.89 Å². The molecule has 1 saturated heterocycles. The molecule has 0 spiro atoms. The number of nitrogens with zero attached hydrogens (tertiary/aromatic N) is 3. The smallest absolute Gasteiger partial charge is 0.254 e. The van der Waals surface area contributed by atoms with Gasteiger partial charge in [-0.2, -0.15) is 5.10 Å². The number of benzene rings is 1. The zero-order valence-electron chi connectivity index (χ0n) is 15.2. The molecule has 0 bridgehead atoms. The van der Waals surface area contributed by atoms with E-state index in [0.717, 1.165) is 25.1 Å². The van der Waals surface area contributed by atoms with Crippen LogP contribution in [0.5, 0.6) is 11.5 Å². The topological polar surface area (TPSA) is 106 Å². The van der Waals surface area contributed by atoms with Gasteiger partial charge in [-0.25, -0.2) is 4.98 Å². The van der Waals surface area contributed by atoms with Crippen molar-refractivity contribution in [3.63, 3.8) is 0 Å². The fourth-order valence-corrected chi connectivity index (χ4v) is 3.14. The number of H-pyrrole nitrogens is 1. The van der Waals surface area contributed by atoms with Crippen molar-refractivity contribution < 1.29 is 14.3 Å². The SMILES string of the molecule is COc1ccc(C(=O)N2CCC[C@H]2c2n[nH]c(C)n2)cc1OCCCN. The number of aromatic nitrogens is 3. The van der Waals surface area contributed by atoms with Crippen LogP contribution in [-0.2, 0) is 0 Å². The van der Waals surface area contributed by atoms with Crippen molar-refractivity contribution >= 4 is 5.91 Å². The average molecular weight is 359 g/mol. The Balaban J connectivity index is 1.81. The van der Waals surface area contributed by atoms with Gasteiger partial charge >= 0.3 is 0 Å². The lowest BCUT2D eigenvalue weighted by atomic mass is 10.1. The summed E-state index contributed by atoms with van der Waals surface area (Å²) in [6.45, 7) is 3.57. The lowest BCUT2D eigenvalue weighted by Gasteiger charge is -2.23. The van der Waals surface area contributed by atoms with Crippen molar-refractivity contribution in [2.75, 3.05) is 26.8 Å². The molecule has 140 valence electrons. The highest BCUT2D eigenvalue weighted by Crippen LogP contribution is 2.33. The molecule has 1 amide bonds. The lowest BCUT2D eigenvalue weighted by Crippen LogP contribution is -2.31. The van der Waals surface area contributed by atoms with E-state index in [9.17, 15) is 4.79 Å². The van der Waals surface area contributed by atoms with Gasteiger partial charge in [0.2, 0.25) is 0 Å². The van der Waals surface area contributed by atoms with Gasteiger partial charge in [-0.05, 0) is 50.9 Å². The lowest BCUT2D eigenvalue weighted by molar-refractivity contribution is 0.0729. The first-order valence-corrected chi connectivity index (χ1v) is 8.84. The first-order chi connectivity index (χ1) is 12.6. The summed E-state index contributed by atoms with van der Waals surface area (Å²) in [4.78, 5) is 19.3. The van der Waals surface area contributed by atoms with Crippen LogP contribution in [0.2, 0.25) is 0 Å². The summed E-state index contributed by atoms with van der Waals surface area (Å²) in [5, 5.41) is 7.08. The van der Waals surface area contributed by atoms with Crippen molar-refractivity contribution in [2.24, 2.45) is 5.73 Å². The maximum Gasteiger partial charge on any atom is 0.254 e. The van der Waals surface area contributed by atoms with Crippen LogP contribution in [0, 0.1) is 6.92 Å². The van der Waals surface area contributed by atoms with Crippen molar-refractivity contribution in [3.05, 3.63) is 35.4 Å². The molecule has 1 aliphatic heterocycles. The molecule has 8 heteroatoms. The molecule has 0 aliphatic carbocycles. The van der Waals surface area contributed by atoms with E-state index in [0.29, 0.717) is 42.6 Å². The molecule has 1 aliphatic rings. The molecule has 3 N–H and O–H groups in total. The average Bonchev–Trinajstić information content (AvgIpc) is 3.30. The van der Waals surface area contributed by atoms with Crippen molar-refractivity contribution in [1.29, 1.82) is 0 Å². The number of nitrogens with one attached hydrogen (secondary N) is 1.